The monoisotopic (exact) mass is 676 g/mol. The lowest BCUT2D eigenvalue weighted by Gasteiger charge is -2.22. The van der Waals surface area contributed by atoms with E-state index in [0.29, 0.717) is 5.56 Å². The first kappa shape index (κ1) is 31.6. The fourth-order valence-corrected chi connectivity index (χ4v) is 7.86. The van der Waals surface area contributed by atoms with Crippen LogP contribution >= 0.6 is 0 Å². The Morgan fingerprint density at radius 2 is 1.00 bits per heavy atom. The van der Waals surface area contributed by atoms with E-state index in [-0.39, 0.29) is 18.1 Å². The predicted octanol–water partition coefficient (Wildman–Crippen LogP) is 7.18. The van der Waals surface area contributed by atoms with Crippen molar-refractivity contribution in [2.24, 2.45) is 9.98 Å². The van der Waals surface area contributed by atoms with Gasteiger partial charge in [0, 0.05) is 45.1 Å². The number of ether oxygens (including phenoxy) is 1. The molecule has 6 heteroatoms. The number of nitrogens with zero attached hydrogens (tertiary/aromatic N) is 2. The standard InChI is InChI=1S/C46H36N4O2/c1-52-46(51)33-19-17-32(18-20-33)45-40-27-25-38(49-40)43(30-13-7-3-8-14-30)36-23-21-34(47-36)42(29-11-5-2-6-12-29)35-22-24-37(48-35)44(31-15-9-4-10-16-31)39-26-28-41(45)50-39/h2-25,27,39,41,47,50H,26,28H2,1H3/b42-34-,43-36-,44-37-,45-40-. The summed E-state index contributed by atoms with van der Waals surface area (Å²) in [6.07, 6.45) is 10.4. The van der Waals surface area contributed by atoms with Crippen LogP contribution in [-0.2, 0) is 4.74 Å². The molecular formula is C46H36N4O2. The van der Waals surface area contributed by atoms with E-state index in [4.69, 9.17) is 14.7 Å². The molecule has 2 atom stereocenters. The summed E-state index contributed by atoms with van der Waals surface area (Å²) in [7, 11) is 1.41. The van der Waals surface area contributed by atoms with Gasteiger partial charge in [0.15, 0.2) is 0 Å². The minimum Gasteiger partial charge on any atom is -0.465 e. The van der Waals surface area contributed by atoms with Gasteiger partial charge >= 0.3 is 5.97 Å². The van der Waals surface area contributed by atoms with Crippen molar-refractivity contribution in [1.82, 2.24) is 10.3 Å². The molecule has 0 radical (unpaired) electrons. The molecule has 5 aromatic rings. The summed E-state index contributed by atoms with van der Waals surface area (Å²) < 4.78 is 5.00. The number of aromatic amines is 1. The topological polar surface area (TPSA) is 78.8 Å². The van der Waals surface area contributed by atoms with Crippen molar-refractivity contribution < 1.29 is 9.53 Å². The maximum absolute atomic E-state index is 12.4. The SMILES string of the molecule is COC(=O)c1ccc(/C2=C3\C=CC(=N3)/C(c3ccccc3)=c3/cc/c([nH]3)=C(\c3ccccc3)C3=N/C(=C(/c4ccccc4)C4CCC2N4)C=C3)cc1. The van der Waals surface area contributed by atoms with Gasteiger partial charge < -0.3 is 15.0 Å². The quantitative estimate of drug-likeness (QED) is 0.194. The molecule has 6 nitrogen and oxygen atoms in total. The predicted molar refractivity (Wildman–Crippen MR) is 209 cm³/mol. The van der Waals surface area contributed by atoms with Crippen LogP contribution in [0.4, 0.5) is 0 Å². The minimum atomic E-state index is -0.355. The summed E-state index contributed by atoms with van der Waals surface area (Å²) in [5.41, 5.74) is 12.8. The summed E-state index contributed by atoms with van der Waals surface area (Å²) >= 11 is 0. The summed E-state index contributed by atoms with van der Waals surface area (Å²) in [6.45, 7) is 0. The van der Waals surface area contributed by atoms with Crippen molar-refractivity contribution in [3.8, 4) is 0 Å². The lowest BCUT2D eigenvalue weighted by atomic mass is 9.93. The van der Waals surface area contributed by atoms with Crippen LogP contribution in [0.1, 0.15) is 45.5 Å². The molecule has 1 aromatic heterocycles. The lowest BCUT2D eigenvalue weighted by Crippen LogP contribution is -2.32. The highest BCUT2D eigenvalue weighted by molar-refractivity contribution is 6.31. The van der Waals surface area contributed by atoms with Gasteiger partial charge in [-0.25, -0.2) is 14.8 Å². The highest BCUT2D eigenvalue weighted by Crippen LogP contribution is 2.38. The van der Waals surface area contributed by atoms with E-state index in [0.717, 1.165) is 85.3 Å². The summed E-state index contributed by atoms with van der Waals surface area (Å²) in [6, 6.07) is 43.6. The number of benzene rings is 4. The van der Waals surface area contributed by atoms with Gasteiger partial charge in [0.1, 0.15) is 0 Å². The van der Waals surface area contributed by atoms with Gasteiger partial charge in [0.2, 0.25) is 0 Å². The Bertz CT molecular complexity index is 2520. The van der Waals surface area contributed by atoms with Gasteiger partial charge in [-0.2, -0.15) is 0 Å². The number of aliphatic imine (C=N–C) groups is 2. The third kappa shape index (κ3) is 5.73. The normalized spacial score (nSPS) is 24.2. The Balaban J connectivity index is 1.34. The van der Waals surface area contributed by atoms with Crippen LogP contribution in [-0.4, -0.2) is 41.6 Å². The number of carbonyl (C=O) groups is 1. The number of esters is 1. The molecule has 8 bridgehead atoms. The zero-order chi connectivity index (χ0) is 35.0. The molecule has 52 heavy (non-hydrogen) atoms. The maximum atomic E-state index is 12.4. The number of aromatic nitrogens is 1. The first-order chi connectivity index (χ1) is 25.6. The molecule has 0 spiro atoms. The van der Waals surface area contributed by atoms with Crippen LogP contribution in [0.3, 0.4) is 0 Å². The summed E-state index contributed by atoms with van der Waals surface area (Å²) in [5, 5.41) is 5.99. The second-order valence-electron chi connectivity index (χ2n) is 13.3. The Kier molecular flexibility index (Phi) is 8.14. The molecule has 0 amide bonds. The fraction of sp³-hybridized carbons (Fsp3) is 0.109. The van der Waals surface area contributed by atoms with Crippen molar-refractivity contribution in [3.63, 3.8) is 0 Å². The Morgan fingerprint density at radius 1 is 0.558 bits per heavy atom. The van der Waals surface area contributed by atoms with E-state index in [1.807, 2.05) is 36.4 Å². The van der Waals surface area contributed by atoms with Crippen LogP contribution in [0.2, 0.25) is 0 Å². The van der Waals surface area contributed by atoms with Crippen molar-refractivity contribution in [2.45, 2.75) is 24.9 Å². The molecule has 252 valence electrons. The Hall–Kier alpha value is -6.37. The largest absolute Gasteiger partial charge is 0.465 e. The molecule has 9 rings (SSSR count). The van der Waals surface area contributed by atoms with Gasteiger partial charge in [0.05, 0.1) is 35.5 Å². The molecule has 4 aromatic carbocycles. The van der Waals surface area contributed by atoms with Crippen LogP contribution in [0.5, 0.6) is 0 Å². The maximum Gasteiger partial charge on any atom is 0.337 e. The van der Waals surface area contributed by atoms with E-state index in [9.17, 15) is 4.79 Å². The number of carbonyl (C=O) groups excluding carboxylic acids is 1. The third-order valence-electron chi connectivity index (χ3n) is 10.2. The van der Waals surface area contributed by atoms with Crippen LogP contribution in [0.15, 0.2) is 173 Å². The molecule has 1 saturated heterocycles. The van der Waals surface area contributed by atoms with Gasteiger partial charge in [-0.1, -0.05) is 103 Å². The number of rotatable bonds is 5. The Morgan fingerprint density at radius 3 is 1.46 bits per heavy atom. The fourth-order valence-electron chi connectivity index (χ4n) is 7.86. The molecule has 2 unspecified atom stereocenters. The molecule has 4 aliphatic rings. The number of fused-ring (bicyclic) bond motifs is 6. The highest BCUT2D eigenvalue weighted by Gasteiger charge is 2.34. The summed E-state index contributed by atoms with van der Waals surface area (Å²) in [5.74, 6) is -0.355. The van der Waals surface area contributed by atoms with E-state index in [1.165, 1.54) is 12.7 Å². The molecule has 0 aliphatic carbocycles. The van der Waals surface area contributed by atoms with Crippen LogP contribution < -0.4 is 16.0 Å². The average molecular weight is 677 g/mol. The molecule has 5 heterocycles. The Labute approximate surface area is 302 Å². The smallest absolute Gasteiger partial charge is 0.337 e. The lowest BCUT2D eigenvalue weighted by molar-refractivity contribution is 0.0600. The van der Waals surface area contributed by atoms with Crippen molar-refractivity contribution in [3.05, 3.63) is 202 Å². The molecule has 4 aliphatic heterocycles. The summed E-state index contributed by atoms with van der Waals surface area (Å²) in [4.78, 5) is 27.0. The zero-order valence-electron chi connectivity index (χ0n) is 28.7. The zero-order valence-corrected chi connectivity index (χ0v) is 28.7. The van der Waals surface area contributed by atoms with Crippen LogP contribution in [0.25, 0.3) is 22.3 Å². The van der Waals surface area contributed by atoms with Gasteiger partial charge in [0.25, 0.3) is 0 Å². The van der Waals surface area contributed by atoms with E-state index in [2.05, 4.69) is 126 Å². The second-order valence-corrected chi connectivity index (χ2v) is 13.3. The van der Waals surface area contributed by atoms with Crippen molar-refractivity contribution >= 4 is 39.7 Å². The molecule has 1 fully saturated rings. The third-order valence-corrected chi connectivity index (χ3v) is 10.2. The number of hydrogen-bond donors (Lipinski definition) is 2. The molecule has 0 saturated carbocycles. The minimum absolute atomic E-state index is 0.00138. The highest BCUT2D eigenvalue weighted by atomic mass is 16.5. The van der Waals surface area contributed by atoms with Crippen LogP contribution in [0, 0.1) is 0 Å². The average Bonchev–Trinajstić information content (AvgIpc) is 4.04. The molecule has 2 N–H and O–H groups in total. The van der Waals surface area contributed by atoms with E-state index >= 15 is 0 Å². The second kappa shape index (κ2) is 13.4. The first-order valence-electron chi connectivity index (χ1n) is 17.7. The van der Waals surface area contributed by atoms with Gasteiger partial charge in [-0.3, -0.25) is 0 Å². The number of H-pyrrole nitrogens is 1. The molecular weight excluding hydrogens is 641 g/mol. The number of methoxy groups -OCH3 is 1. The van der Waals surface area contributed by atoms with E-state index < -0.39 is 0 Å². The van der Waals surface area contributed by atoms with Crippen molar-refractivity contribution in [2.75, 3.05) is 7.11 Å². The number of hydrogen-bond acceptors (Lipinski definition) is 5. The van der Waals surface area contributed by atoms with E-state index in [1.54, 1.807) is 0 Å². The van der Waals surface area contributed by atoms with Gasteiger partial charge in [-0.05, 0) is 83.7 Å². The first-order valence-corrected chi connectivity index (χ1v) is 17.7. The van der Waals surface area contributed by atoms with Gasteiger partial charge in [-0.15, -0.1) is 0 Å². The van der Waals surface area contributed by atoms with Crippen molar-refractivity contribution in [1.29, 1.82) is 0 Å². The number of nitrogens with one attached hydrogen (secondary N) is 2. The number of allylic oxidation sites excluding steroid dienone is 4.